The van der Waals surface area contributed by atoms with Gasteiger partial charge in [-0.1, -0.05) is 35.5 Å². The highest BCUT2D eigenvalue weighted by Crippen LogP contribution is 2.29. The third kappa shape index (κ3) is 3.47. The van der Waals surface area contributed by atoms with Gasteiger partial charge in [0, 0.05) is 44.2 Å². The first-order chi connectivity index (χ1) is 13.0. The summed E-state index contributed by atoms with van der Waals surface area (Å²) in [5.41, 5.74) is 3.78. The van der Waals surface area contributed by atoms with Crippen LogP contribution in [0, 0.1) is 0 Å². The lowest BCUT2D eigenvalue weighted by Gasteiger charge is -2.28. The number of carbonyl (C=O) groups is 1. The number of nitrogens with zero attached hydrogens (tertiary/aromatic N) is 5. The number of rotatable bonds is 4. The van der Waals surface area contributed by atoms with E-state index in [0.717, 1.165) is 23.2 Å². The molecule has 7 nitrogen and oxygen atoms in total. The summed E-state index contributed by atoms with van der Waals surface area (Å²) < 4.78 is 7.31. The van der Waals surface area contributed by atoms with Crippen LogP contribution < -0.4 is 0 Å². The van der Waals surface area contributed by atoms with Gasteiger partial charge in [-0.3, -0.25) is 9.48 Å². The lowest BCUT2D eigenvalue weighted by molar-refractivity contribution is -0.131. The number of carbonyl (C=O) groups excluding carboxylic acids is 1. The van der Waals surface area contributed by atoms with Gasteiger partial charge in [0.2, 0.25) is 5.91 Å². The number of aryl methyl sites for hydroxylation is 1. The largest absolute Gasteiger partial charge is 0.337 e. The van der Waals surface area contributed by atoms with E-state index in [1.165, 1.54) is 0 Å². The fourth-order valence-electron chi connectivity index (χ4n) is 3.40. The molecular formula is C19H20ClN5O2. The van der Waals surface area contributed by atoms with E-state index in [9.17, 15) is 4.79 Å². The molecule has 1 aliphatic rings. The summed E-state index contributed by atoms with van der Waals surface area (Å²) in [5.74, 6) is 0.909. The SMILES string of the molecule is CC(Cl)C(=O)N1CCc2c(c(-c3nc(Cc4ccccc4)no3)nn2C)C1. The molecule has 0 spiro atoms. The summed E-state index contributed by atoms with van der Waals surface area (Å²) in [5, 5.41) is 8.11. The Morgan fingerprint density at radius 1 is 1.33 bits per heavy atom. The van der Waals surface area contributed by atoms with Crippen molar-refractivity contribution < 1.29 is 9.32 Å². The van der Waals surface area contributed by atoms with E-state index in [-0.39, 0.29) is 5.91 Å². The van der Waals surface area contributed by atoms with Gasteiger partial charge < -0.3 is 9.42 Å². The third-order valence-electron chi connectivity index (χ3n) is 4.77. The van der Waals surface area contributed by atoms with Gasteiger partial charge in [-0.25, -0.2) is 0 Å². The average molecular weight is 386 g/mol. The summed E-state index contributed by atoms with van der Waals surface area (Å²) in [6, 6.07) is 9.98. The van der Waals surface area contributed by atoms with E-state index in [1.807, 2.05) is 42.1 Å². The highest BCUT2D eigenvalue weighted by molar-refractivity contribution is 6.30. The molecular weight excluding hydrogens is 366 g/mol. The van der Waals surface area contributed by atoms with Crippen LogP contribution in [0.15, 0.2) is 34.9 Å². The third-order valence-corrected chi connectivity index (χ3v) is 4.96. The van der Waals surface area contributed by atoms with Crippen molar-refractivity contribution in [2.75, 3.05) is 6.54 Å². The van der Waals surface area contributed by atoms with Crippen LogP contribution in [0.1, 0.15) is 29.6 Å². The Labute approximate surface area is 161 Å². The number of fused-ring (bicyclic) bond motifs is 1. The number of halogens is 1. The lowest BCUT2D eigenvalue weighted by atomic mass is 10.0. The molecule has 0 aliphatic carbocycles. The fraction of sp³-hybridized carbons (Fsp3) is 0.368. The molecule has 1 aromatic carbocycles. The van der Waals surface area contributed by atoms with E-state index in [2.05, 4.69) is 15.2 Å². The summed E-state index contributed by atoms with van der Waals surface area (Å²) >= 11 is 5.98. The summed E-state index contributed by atoms with van der Waals surface area (Å²) in [6.07, 6.45) is 1.31. The van der Waals surface area contributed by atoms with Crippen molar-refractivity contribution in [3.63, 3.8) is 0 Å². The van der Waals surface area contributed by atoms with Gasteiger partial charge in [-0.05, 0) is 12.5 Å². The molecule has 0 bridgehead atoms. The Kier molecular flexibility index (Phi) is 4.70. The number of benzene rings is 1. The molecule has 3 heterocycles. The minimum atomic E-state index is -0.549. The van der Waals surface area contributed by atoms with E-state index in [1.54, 1.807) is 11.8 Å². The Balaban J connectivity index is 1.61. The molecule has 0 saturated heterocycles. The Hall–Kier alpha value is -2.67. The Morgan fingerprint density at radius 2 is 2.11 bits per heavy atom. The summed E-state index contributed by atoms with van der Waals surface area (Å²) in [4.78, 5) is 18.6. The van der Waals surface area contributed by atoms with Crippen molar-refractivity contribution in [2.45, 2.75) is 31.7 Å². The quantitative estimate of drug-likeness (QED) is 0.645. The number of hydrogen-bond acceptors (Lipinski definition) is 5. The average Bonchev–Trinajstić information content (AvgIpc) is 3.26. The Bertz CT molecular complexity index is 964. The van der Waals surface area contributed by atoms with Crippen molar-refractivity contribution >= 4 is 17.5 Å². The van der Waals surface area contributed by atoms with Crippen molar-refractivity contribution in [1.82, 2.24) is 24.8 Å². The number of aromatic nitrogens is 4. The first-order valence-corrected chi connectivity index (χ1v) is 9.31. The van der Waals surface area contributed by atoms with E-state index in [0.29, 0.717) is 36.9 Å². The normalized spacial score (nSPS) is 14.9. The van der Waals surface area contributed by atoms with Gasteiger partial charge in [-0.15, -0.1) is 11.6 Å². The Morgan fingerprint density at radius 3 is 2.85 bits per heavy atom. The molecule has 1 amide bonds. The molecule has 1 atom stereocenters. The maximum Gasteiger partial charge on any atom is 0.278 e. The van der Waals surface area contributed by atoms with Crippen molar-refractivity contribution in [1.29, 1.82) is 0 Å². The standard InChI is InChI=1S/C19H20ClN5O2/c1-12(20)19(26)25-9-8-15-14(11-25)17(22-24(15)2)18-21-16(23-27-18)10-13-6-4-3-5-7-13/h3-7,12H,8-11H2,1-2H3. The van der Waals surface area contributed by atoms with Crippen molar-refractivity contribution in [3.05, 3.63) is 53.0 Å². The van der Waals surface area contributed by atoms with Crippen LogP contribution in [0.3, 0.4) is 0 Å². The maximum atomic E-state index is 12.3. The zero-order valence-corrected chi connectivity index (χ0v) is 16.0. The topological polar surface area (TPSA) is 77.1 Å². The van der Waals surface area contributed by atoms with Crippen LogP contribution in [0.4, 0.5) is 0 Å². The van der Waals surface area contributed by atoms with E-state index >= 15 is 0 Å². The van der Waals surface area contributed by atoms with Crippen LogP contribution in [-0.2, 0) is 31.2 Å². The number of amides is 1. The summed E-state index contributed by atoms with van der Waals surface area (Å²) in [7, 11) is 1.89. The van der Waals surface area contributed by atoms with Crippen LogP contribution in [0.5, 0.6) is 0 Å². The van der Waals surface area contributed by atoms with Crippen molar-refractivity contribution in [2.24, 2.45) is 7.05 Å². The molecule has 0 fully saturated rings. The van der Waals surface area contributed by atoms with Crippen LogP contribution in [0.25, 0.3) is 11.6 Å². The van der Waals surface area contributed by atoms with E-state index < -0.39 is 5.38 Å². The first-order valence-electron chi connectivity index (χ1n) is 8.87. The first kappa shape index (κ1) is 17.7. The second kappa shape index (κ2) is 7.15. The molecule has 3 aromatic rings. The molecule has 2 aromatic heterocycles. The van der Waals surface area contributed by atoms with Crippen LogP contribution in [0.2, 0.25) is 0 Å². The van der Waals surface area contributed by atoms with Gasteiger partial charge in [0.1, 0.15) is 5.38 Å². The molecule has 4 rings (SSSR count). The smallest absolute Gasteiger partial charge is 0.278 e. The number of alkyl halides is 1. The predicted molar refractivity (Wildman–Crippen MR) is 100 cm³/mol. The zero-order chi connectivity index (χ0) is 19.0. The molecule has 1 unspecified atom stereocenters. The van der Waals surface area contributed by atoms with Gasteiger partial charge in [0.25, 0.3) is 5.89 Å². The summed E-state index contributed by atoms with van der Waals surface area (Å²) in [6.45, 7) is 2.77. The minimum Gasteiger partial charge on any atom is -0.337 e. The zero-order valence-electron chi connectivity index (χ0n) is 15.2. The van der Waals surface area contributed by atoms with Crippen molar-refractivity contribution in [3.8, 4) is 11.6 Å². The minimum absolute atomic E-state index is 0.0765. The van der Waals surface area contributed by atoms with E-state index in [4.69, 9.17) is 16.1 Å². The molecule has 0 radical (unpaired) electrons. The van der Waals surface area contributed by atoms with Gasteiger partial charge in [-0.2, -0.15) is 10.1 Å². The van der Waals surface area contributed by atoms with Gasteiger partial charge in [0.05, 0.1) is 0 Å². The highest BCUT2D eigenvalue weighted by Gasteiger charge is 2.30. The monoisotopic (exact) mass is 385 g/mol. The van der Waals surface area contributed by atoms with Gasteiger partial charge >= 0.3 is 0 Å². The molecule has 8 heteroatoms. The predicted octanol–water partition coefficient (Wildman–Crippen LogP) is 2.57. The molecule has 1 aliphatic heterocycles. The second-order valence-corrected chi connectivity index (χ2v) is 7.36. The lowest BCUT2D eigenvalue weighted by Crippen LogP contribution is -2.39. The van der Waals surface area contributed by atoms with Gasteiger partial charge in [0.15, 0.2) is 11.5 Å². The maximum absolute atomic E-state index is 12.3. The second-order valence-electron chi connectivity index (χ2n) is 6.70. The molecule has 0 saturated carbocycles. The molecule has 27 heavy (non-hydrogen) atoms. The fourth-order valence-corrected chi connectivity index (χ4v) is 3.54. The number of hydrogen-bond donors (Lipinski definition) is 0. The highest BCUT2D eigenvalue weighted by atomic mass is 35.5. The van der Waals surface area contributed by atoms with Crippen LogP contribution in [-0.4, -0.2) is 42.7 Å². The molecule has 140 valence electrons. The molecule has 0 N–H and O–H groups in total. The van der Waals surface area contributed by atoms with Crippen LogP contribution >= 0.6 is 11.6 Å².